The predicted octanol–water partition coefficient (Wildman–Crippen LogP) is 2.88. The zero-order valence-corrected chi connectivity index (χ0v) is 16.5. The maximum atomic E-state index is 12.3. The van der Waals surface area contributed by atoms with Crippen molar-refractivity contribution >= 4 is 51.5 Å². The van der Waals surface area contributed by atoms with E-state index in [0.29, 0.717) is 10.6 Å². The molecule has 0 saturated heterocycles. The molecule has 0 aromatic carbocycles. The summed E-state index contributed by atoms with van der Waals surface area (Å²) in [7, 11) is 0. The van der Waals surface area contributed by atoms with Crippen LogP contribution in [0.2, 0.25) is 0 Å². The Morgan fingerprint density at radius 2 is 1.68 bits per heavy atom. The topological polar surface area (TPSA) is 93.7 Å². The maximum absolute atomic E-state index is 12.3. The molecule has 0 unspecified atom stereocenters. The second-order valence-corrected chi connectivity index (χ2v) is 6.73. The van der Waals surface area contributed by atoms with Crippen LogP contribution < -0.4 is 10.6 Å². The van der Waals surface area contributed by atoms with Crippen molar-refractivity contribution in [2.45, 2.75) is 34.6 Å². The molecule has 0 atom stereocenters. The minimum absolute atomic E-state index is 0.0425. The van der Waals surface area contributed by atoms with Gasteiger partial charge in [-0.1, -0.05) is 13.8 Å². The van der Waals surface area contributed by atoms with Crippen molar-refractivity contribution in [1.29, 1.82) is 0 Å². The predicted molar refractivity (Wildman–Crippen MR) is 100 cm³/mol. The van der Waals surface area contributed by atoms with Gasteiger partial charge in [-0.2, -0.15) is 0 Å². The molecule has 9 heteroatoms. The molecule has 25 heavy (non-hydrogen) atoms. The van der Waals surface area contributed by atoms with Crippen molar-refractivity contribution in [2.75, 3.05) is 18.5 Å². The number of nitrogens with one attached hydrogen (secondary N) is 2. The Bertz CT molecular complexity index is 682. The Hall–Kier alpha value is -2.00. The Morgan fingerprint density at radius 1 is 1.12 bits per heavy atom. The van der Waals surface area contributed by atoms with E-state index in [2.05, 4.69) is 10.6 Å². The maximum Gasteiger partial charge on any atom is 0.348 e. The zero-order chi connectivity index (χ0) is 19.1. The molecule has 1 amide bonds. The smallest absolute Gasteiger partial charge is 0.348 e. The van der Waals surface area contributed by atoms with Gasteiger partial charge in [-0.05, 0) is 38.6 Å². The van der Waals surface area contributed by atoms with E-state index in [-0.39, 0.29) is 40.6 Å². The first-order valence-electron chi connectivity index (χ1n) is 7.82. The highest BCUT2D eigenvalue weighted by Crippen LogP contribution is 2.34. The van der Waals surface area contributed by atoms with Crippen molar-refractivity contribution < 1.29 is 23.9 Å². The molecular weight excluding hydrogens is 364 g/mol. The lowest BCUT2D eigenvalue weighted by molar-refractivity contribution is -0.122. The lowest BCUT2D eigenvalue weighted by atomic mass is 10.1. The molecule has 1 aromatic heterocycles. The summed E-state index contributed by atoms with van der Waals surface area (Å²) in [5.74, 6) is -1.61. The molecule has 0 radical (unpaired) electrons. The highest BCUT2D eigenvalue weighted by atomic mass is 32.1. The first kappa shape index (κ1) is 21.0. The van der Waals surface area contributed by atoms with Crippen LogP contribution in [0.1, 0.15) is 53.3 Å². The summed E-state index contributed by atoms with van der Waals surface area (Å²) < 4.78 is 10.1. The second-order valence-electron chi connectivity index (χ2n) is 5.30. The van der Waals surface area contributed by atoms with E-state index in [1.165, 1.54) is 0 Å². The van der Waals surface area contributed by atoms with E-state index >= 15 is 0 Å². The molecule has 2 N–H and O–H groups in total. The van der Waals surface area contributed by atoms with Crippen molar-refractivity contribution in [2.24, 2.45) is 5.92 Å². The Balaban J connectivity index is 3.16. The summed E-state index contributed by atoms with van der Waals surface area (Å²) in [5.41, 5.74) is 0.651. The minimum atomic E-state index is -0.577. The average molecular weight is 386 g/mol. The number of hydrogen-bond donors (Lipinski definition) is 2. The van der Waals surface area contributed by atoms with Crippen molar-refractivity contribution in [1.82, 2.24) is 5.32 Å². The van der Waals surface area contributed by atoms with Crippen LogP contribution in [0.15, 0.2) is 0 Å². The first-order valence-corrected chi connectivity index (χ1v) is 9.04. The van der Waals surface area contributed by atoms with Crippen LogP contribution in [-0.2, 0) is 14.3 Å². The van der Waals surface area contributed by atoms with E-state index in [1.807, 2.05) is 0 Å². The number of amides is 1. The third-order valence-corrected chi connectivity index (χ3v) is 4.47. The van der Waals surface area contributed by atoms with Gasteiger partial charge in [0.15, 0.2) is 5.11 Å². The Kier molecular flexibility index (Phi) is 7.98. The molecule has 138 valence electrons. The summed E-state index contributed by atoms with van der Waals surface area (Å²) in [6.07, 6.45) is 0. The van der Waals surface area contributed by atoms with Crippen LogP contribution in [0.5, 0.6) is 0 Å². The van der Waals surface area contributed by atoms with Gasteiger partial charge < -0.3 is 20.1 Å². The quantitative estimate of drug-likeness (QED) is 0.573. The Morgan fingerprint density at radius 3 is 2.20 bits per heavy atom. The van der Waals surface area contributed by atoms with E-state index in [4.69, 9.17) is 21.7 Å². The standard InChI is InChI=1S/C16H22N2O5S2/c1-6-22-14(20)10-9(5)11(15(21)23-7-2)25-13(10)18-16(24)17-12(19)8(3)4/h8H,6-7H2,1-5H3,(H2,17,18,19,24). The fourth-order valence-electron chi connectivity index (χ4n) is 1.83. The van der Waals surface area contributed by atoms with Crippen LogP contribution in [0.3, 0.4) is 0 Å². The summed E-state index contributed by atoms with van der Waals surface area (Å²) >= 11 is 6.13. The monoisotopic (exact) mass is 386 g/mol. The van der Waals surface area contributed by atoms with Crippen LogP contribution in [-0.4, -0.2) is 36.2 Å². The van der Waals surface area contributed by atoms with E-state index in [1.54, 1.807) is 34.6 Å². The van der Waals surface area contributed by atoms with Gasteiger partial charge in [0.2, 0.25) is 5.91 Å². The number of rotatable bonds is 6. The molecule has 0 aliphatic carbocycles. The van der Waals surface area contributed by atoms with E-state index in [0.717, 1.165) is 11.3 Å². The summed E-state index contributed by atoms with van der Waals surface area (Å²) in [5, 5.41) is 5.70. The lowest BCUT2D eigenvalue weighted by Gasteiger charge is -2.11. The number of carbonyl (C=O) groups is 3. The van der Waals surface area contributed by atoms with Crippen LogP contribution in [0.25, 0.3) is 0 Å². The van der Waals surface area contributed by atoms with Crippen LogP contribution >= 0.6 is 23.6 Å². The van der Waals surface area contributed by atoms with Gasteiger partial charge in [0.1, 0.15) is 9.88 Å². The third-order valence-electron chi connectivity index (χ3n) is 3.08. The molecule has 0 bridgehead atoms. The van der Waals surface area contributed by atoms with Gasteiger partial charge in [0, 0.05) is 5.92 Å². The number of esters is 2. The lowest BCUT2D eigenvalue weighted by Crippen LogP contribution is -2.36. The summed E-state index contributed by atoms with van der Waals surface area (Å²) in [6.45, 7) is 8.89. The molecule has 7 nitrogen and oxygen atoms in total. The van der Waals surface area contributed by atoms with Crippen molar-refractivity contribution in [3.8, 4) is 0 Å². The molecule has 0 aliphatic heterocycles. The first-order chi connectivity index (χ1) is 11.7. The number of thiophene rings is 1. The van der Waals surface area contributed by atoms with Crippen LogP contribution in [0, 0.1) is 12.8 Å². The fraction of sp³-hybridized carbons (Fsp3) is 0.500. The van der Waals surface area contributed by atoms with Gasteiger partial charge in [0.25, 0.3) is 0 Å². The number of thiocarbonyl (C=S) groups is 1. The van der Waals surface area contributed by atoms with Crippen molar-refractivity contribution in [3.05, 3.63) is 16.0 Å². The van der Waals surface area contributed by atoms with E-state index < -0.39 is 11.9 Å². The highest BCUT2D eigenvalue weighted by molar-refractivity contribution is 7.80. The molecule has 1 heterocycles. The minimum Gasteiger partial charge on any atom is -0.462 e. The van der Waals surface area contributed by atoms with Crippen molar-refractivity contribution in [3.63, 3.8) is 0 Å². The number of ether oxygens (including phenoxy) is 2. The van der Waals surface area contributed by atoms with Gasteiger partial charge in [-0.25, -0.2) is 9.59 Å². The number of hydrogen-bond acceptors (Lipinski definition) is 7. The molecule has 0 saturated carbocycles. The van der Waals surface area contributed by atoms with Gasteiger partial charge in [0.05, 0.1) is 18.8 Å². The van der Waals surface area contributed by atoms with E-state index in [9.17, 15) is 14.4 Å². The molecule has 1 rings (SSSR count). The largest absolute Gasteiger partial charge is 0.462 e. The summed E-state index contributed by atoms with van der Waals surface area (Å²) in [6, 6.07) is 0. The summed E-state index contributed by atoms with van der Waals surface area (Å²) in [4.78, 5) is 36.3. The molecule has 0 fully saturated rings. The molecule has 0 aliphatic rings. The third kappa shape index (κ3) is 5.50. The van der Waals surface area contributed by atoms with Gasteiger partial charge >= 0.3 is 11.9 Å². The second kappa shape index (κ2) is 9.47. The average Bonchev–Trinajstić information content (AvgIpc) is 2.83. The zero-order valence-electron chi connectivity index (χ0n) is 14.8. The number of anilines is 1. The normalized spacial score (nSPS) is 10.3. The van der Waals surface area contributed by atoms with Gasteiger partial charge in [-0.3, -0.25) is 4.79 Å². The molecule has 0 spiro atoms. The van der Waals surface area contributed by atoms with Crippen LogP contribution in [0.4, 0.5) is 5.00 Å². The Labute approximate surface area is 156 Å². The molecule has 1 aromatic rings. The number of carbonyl (C=O) groups excluding carboxylic acids is 3. The highest BCUT2D eigenvalue weighted by Gasteiger charge is 2.27. The fourth-order valence-corrected chi connectivity index (χ4v) is 3.19. The van der Waals surface area contributed by atoms with Gasteiger partial charge in [-0.15, -0.1) is 11.3 Å². The molecular formula is C16H22N2O5S2. The SMILES string of the molecule is CCOC(=O)c1sc(NC(=S)NC(=O)C(C)C)c(C(=O)OCC)c1C.